The van der Waals surface area contributed by atoms with E-state index in [4.69, 9.17) is 27.9 Å². The Morgan fingerprint density at radius 3 is 2.55 bits per heavy atom. The van der Waals surface area contributed by atoms with E-state index < -0.39 is 0 Å². The third kappa shape index (κ3) is 4.93. The van der Waals surface area contributed by atoms with E-state index in [2.05, 4.69) is 12.2 Å². The van der Waals surface area contributed by atoms with Gasteiger partial charge in [-0.3, -0.25) is 4.79 Å². The number of halogens is 2. The van der Waals surface area contributed by atoms with E-state index in [1.807, 2.05) is 30.3 Å². The maximum atomic E-state index is 11.8. The molecule has 0 saturated carbocycles. The molecule has 0 bridgehead atoms. The minimum absolute atomic E-state index is 0.0561. The molecule has 116 valence electrons. The van der Waals surface area contributed by atoms with Crippen molar-refractivity contribution in [2.45, 2.75) is 12.8 Å². The number of hydrogen-bond acceptors (Lipinski definition) is 2. The van der Waals surface area contributed by atoms with E-state index in [1.165, 1.54) is 5.56 Å². The molecule has 0 aliphatic heterocycles. The molecular formula is C17H17Cl2NO2. The Kier molecular flexibility index (Phi) is 6.10. The molecule has 22 heavy (non-hydrogen) atoms. The number of rotatable bonds is 6. The van der Waals surface area contributed by atoms with Gasteiger partial charge in [-0.1, -0.05) is 60.5 Å². The van der Waals surface area contributed by atoms with Gasteiger partial charge in [0, 0.05) is 12.6 Å². The van der Waals surface area contributed by atoms with Crippen LogP contribution >= 0.6 is 23.2 Å². The van der Waals surface area contributed by atoms with E-state index in [9.17, 15) is 4.79 Å². The van der Waals surface area contributed by atoms with E-state index in [0.717, 1.165) is 0 Å². The van der Waals surface area contributed by atoms with Crippen molar-refractivity contribution in [3.05, 3.63) is 64.1 Å². The molecule has 2 aromatic carbocycles. The van der Waals surface area contributed by atoms with Crippen LogP contribution in [-0.2, 0) is 4.79 Å². The maximum absolute atomic E-state index is 11.8. The lowest BCUT2D eigenvalue weighted by atomic mass is 10.0. The SMILES string of the molecule is CC(CNC(=O)COc1ccc(Cl)c(Cl)c1)c1ccccc1. The van der Waals surface area contributed by atoms with Crippen LogP contribution < -0.4 is 10.1 Å². The third-order valence-corrected chi connectivity index (χ3v) is 3.97. The molecule has 1 amide bonds. The van der Waals surface area contributed by atoms with E-state index in [1.54, 1.807) is 18.2 Å². The van der Waals surface area contributed by atoms with Gasteiger partial charge in [0.2, 0.25) is 0 Å². The lowest BCUT2D eigenvalue weighted by Gasteiger charge is -2.13. The topological polar surface area (TPSA) is 38.3 Å². The van der Waals surface area contributed by atoms with Crippen LogP contribution in [0.25, 0.3) is 0 Å². The highest BCUT2D eigenvalue weighted by Crippen LogP contribution is 2.26. The summed E-state index contributed by atoms with van der Waals surface area (Å²) in [5, 5.41) is 3.71. The molecule has 5 heteroatoms. The normalized spacial score (nSPS) is 11.8. The molecule has 1 atom stereocenters. The van der Waals surface area contributed by atoms with Crippen LogP contribution in [0.1, 0.15) is 18.4 Å². The van der Waals surface area contributed by atoms with Crippen molar-refractivity contribution in [2.75, 3.05) is 13.2 Å². The van der Waals surface area contributed by atoms with Crippen molar-refractivity contribution in [3.8, 4) is 5.75 Å². The molecule has 0 aromatic heterocycles. The van der Waals surface area contributed by atoms with Gasteiger partial charge in [-0.25, -0.2) is 0 Å². The van der Waals surface area contributed by atoms with Crippen molar-refractivity contribution in [2.24, 2.45) is 0 Å². The predicted octanol–water partition coefficient (Wildman–Crippen LogP) is 4.29. The summed E-state index contributed by atoms with van der Waals surface area (Å²) in [6, 6.07) is 14.9. The minimum Gasteiger partial charge on any atom is -0.484 e. The average molecular weight is 338 g/mol. The monoisotopic (exact) mass is 337 g/mol. The lowest BCUT2D eigenvalue weighted by Crippen LogP contribution is -2.31. The summed E-state index contributed by atoms with van der Waals surface area (Å²) in [5.74, 6) is 0.588. The highest BCUT2D eigenvalue weighted by atomic mass is 35.5. The zero-order chi connectivity index (χ0) is 15.9. The van der Waals surface area contributed by atoms with Crippen LogP contribution in [0.2, 0.25) is 10.0 Å². The van der Waals surface area contributed by atoms with Gasteiger partial charge in [-0.05, 0) is 23.6 Å². The Labute approximate surface area is 140 Å². The fourth-order valence-corrected chi connectivity index (χ4v) is 2.22. The number of carbonyl (C=O) groups excluding carboxylic acids is 1. The highest BCUT2D eigenvalue weighted by molar-refractivity contribution is 6.42. The Bertz CT molecular complexity index is 632. The Morgan fingerprint density at radius 2 is 1.86 bits per heavy atom. The molecule has 0 spiro atoms. The van der Waals surface area contributed by atoms with Crippen LogP contribution in [0.3, 0.4) is 0 Å². The van der Waals surface area contributed by atoms with Gasteiger partial charge in [0.15, 0.2) is 6.61 Å². The van der Waals surface area contributed by atoms with Gasteiger partial charge in [-0.15, -0.1) is 0 Å². The summed E-state index contributed by atoms with van der Waals surface area (Å²) in [5.41, 5.74) is 1.19. The highest BCUT2D eigenvalue weighted by Gasteiger charge is 2.08. The number of carbonyl (C=O) groups is 1. The summed E-state index contributed by atoms with van der Waals surface area (Å²) < 4.78 is 5.39. The number of ether oxygens (including phenoxy) is 1. The van der Waals surface area contributed by atoms with Gasteiger partial charge in [0.25, 0.3) is 5.91 Å². The largest absolute Gasteiger partial charge is 0.484 e. The van der Waals surface area contributed by atoms with E-state index in [0.29, 0.717) is 22.3 Å². The Balaban J connectivity index is 1.77. The lowest BCUT2D eigenvalue weighted by molar-refractivity contribution is -0.123. The van der Waals surface area contributed by atoms with Crippen molar-refractivity contribution < 1.29 is 9.53 Å². The summed E-state index contributed by atoms with van der Waals surface area (Å²) in [6.45, 7) is 2.57. The van der Waals surface area contributed by atoms with Gasteiger partial charge in [0.05, 0.1) is 10.0 Å². The molecule has 3 nitrogen and oxygen atoms in total. The smallest absolute Gasteiger partial charge is 0.257 e. The number of benzene rings is 2. The molecule has 0 saturated heterocycles. The number of amides is 1. The fourth-order valence-electron chi connectivity index (χ4n) is 1.93. The van der Waals surface area contributed by atoms with Crippen LogP contribution in [0.4, 0.5) is 0 Å². The molecule has 0 radical (unpaired) electrons. The van der Waals surface area contributed by atoms with Crippen molar-refractivity contribution in [1.29, 1.82) is 0 Å². The van der Waals surface area contributed by atoms with E-state index >= 15 is 0 Å². The Morgan fingerprint density at radius 1 is 1.14 bits per heavy atom. The molecule has 0 aliphatic carbocycles. The summed E-state index contributed by atoms with van der Waals surface area (Å²) in [4.78, 5) is 11.8. The van der Waals surface area contributed by atoms with Crippen molar-refractivity contribution in [1.82, 2.24) is 5.32 Å². The number of hydrogen-bond donors (Lipinski definition) is 1. The summed E-state index contributed by atoms with van der Waals surface area (Å²) in [6.07, 6.45) is 0. The first-order valence-corrected chi connectivity index (χ1v) is 7.71. The summed E-state index contributed by atoms with van der Waals surface area (Å²) >= 11 is 11.7. The molecule has 1 unspecified atom stereocenters. The van der Waals surface area contributed by atoms with Crippen molar-refractivity contribution >= 4 is 29.1 Å². The second-order valence-electron chi connectivity index (χ2n) is 4.98. The van der Waals surface area contributed by atoms with Crippen molar-refractivity contribution in [3.63, 3.8) is 0 Å². The summed E-state index contributed by atoms with van der Waals surface area (Å²) in [7, 11) is 0. The Hall–Kier alpha value is -1.71. The van der Waals surface area contributed by atoms with Gasteiger partial charge >= 0.3 is 0 Å². The maximum Gasteiger partial charge on any atom is 0.257 e. The second-order valence-corrected chi connectivity index (χ2v) is 5.79. The molecular weight excluding hydrogens is 321 g/mol. The third-order valence-electron chi connectivity index (χ3n) is 3.24. The first kappa shape index (κ1) is 16.7. The van der Waals surface area contributed by atoms with Crippen LogP contribution in [0.15, 0.2) is 48.5 Å². The van der Waals surface area contributed by atoms with Crippen LogP contribution in [0, 0.1) is 0 Å². The molecule has 1 N–H and O–H groups in total. The average Bonchev–Trinajstić information content (AvgIpc) is 2.54. The molecule has 0 aliphatic rings. The van der Waals surface area contributed by atoms with E-state index in [-0.39, 0.29) is 18.4 Å². The van der Waals surface area contributed by atoms with Crippen LogP contribution in [0.5, 0.6) is 5.75 Å². The molecule has 2 aromatic rings. The number of nitrogens with one attached hydrogen (secondary N) is 1. The van der Waals surface area contributed by atoms with Crippen LogP contribution in [-0.4, -0.2) is 19.1 Å². The fraction of sp³-hybridized carbons (Fsp3) is 0.235. The standard InChI is InChI=1S/C17H17Cl2NO2/c1-12(13-5-3-2-4-6-13)10-20-17(21)11-22-14-7-8-15(18)16(19)9-14/h2-9,12H,10-11H2,1H3,(H,20,21). The molecule has 0 fully saturated rings. The second kappa shape index (κ2) is 8.06. The first-order valence-electron chi connectivity index (χ1n) is 6.95. The molecule has 0 heterocycles. The zero-order valence-corrected chi connectivity index (χ0v) is 13.7. The van der Waals surface area contributed by atoms with Gasteiger partial charge < -0.3 is 10.1 Å². The van der Waals surface area contributed by atoms with Gasteiger partial charge in [0.1, 0.15) is 5.75 Å². The minimum atomic E-state index is -0.172. The van der Waals surface area contributed by atoms with Gasteiger partial charge in [-0.2, -0.15) is 0 Å². The zero-order valence-electron chi connectivity index (χ0n) is 12.2. The molecule has 2 rings (SSSR count). The predicted molar refractivity (Wildman–Crippen MR) is 89.8 cm³/mol. The quantitative estimate of drug-likeness (QED) is 0.853. The first-order chi connectivity index (χ1) is 10.6.